The van der Waals surface area contributed by atoms with Crippen molar-refractivity contribution in [2.45, 2.75) is 89.8 Å². The van der Waals surface area contributed by atoms with Crippen LogP contribution in [0.5, 0.6) is 11.5 Å². The summed E-state index contributed by atoms with van der Waals surface area (Å²) in [6.07, 6.45) is 13.3. The van der Waals surface area contributed by atoms with E-state index in [-0.39, 0.29) is 24.4 Å². The average Bonchev–Trinajstić information content (AvgIpc) is 3.24. The van der Waals surface area contributed by atoms with Crippen LogP contribution in [-0.4, -0.2) is 34.7 Å². The van der Waals surface area contributed by atoms with Crippen LogP contribution in [0.1, 0.15) is 82.3 Å². The van der Waals surface area contributed by atoms with E-state index in [9.17, 15) is 9.18 Å². The Balaban J connectivity index is 1.42. The Labute approximate surface area is 239 Å². The van der Waals surface area contributed by atoms with Gasteiger partial charge in [0.25, 0.3) is 5.91 Å². The van der Waals surface area contributed by atoms with Gasteiger partial charge in [0.05, 0.1) is 22.6 Å². The second kappa shape index (κ2) is 13.2. The van der Waals surface area contributed by atoms with Crippen molar-refractivity contribution >= 4 is 40.5 Å². The summed E-state index contributed by atoms with van der Waals surface area (Å²) in [5.41, 5.74) is 1.18. The second-order valence-electron chi connectivity index (χ2n) is 10.4. The summed E-state index contributed by atoms with van der Waals surface area (Å²) in [5, 5.41) is 1.20. The van der Waals surface area contributed by atoms with Crippen LogP contribution in [0.25, 0.3) is 6.08 Å². The van der Waals surface area contributed by atoms with Crippen LogP contribution in [0, 0.1) is 5.82 Å². The van der Waals surface area contributed by atoms with Crippen LogP contribution in [0.2, 0.25) is 5.02 Å². The molecule has 3 fully saturated rings. The van der Waals surface area contributed by atoms with Gasteiger partial charge in [-0.15, -0.1) is 0 Å². The number of thioether (sulfide) groups is 1. The lowest BCUT2D eigenvalue weighted by atomic mass is 9.94. The predicted molar refractivity (Wildman–Crippen MR) is 157 cm³/mol. The minimum atomic E-state index is -0.335. The molecule has 0 aromatic heterocycles. The van der Waals surface area contributed by atoms with Gasteiger partial charge in [-0.3, -0.25) is 14.7 Å². The number of hydrogen-bond donors (Lipinski definition) is 0. The number of benzene rings is 2. The first-order valence-electron chi connectivity index (χ1n) is 14.2. The Morgan fingerprint density at radius 3 is 2.49 bits per heavy atom. The number of amides is 1. The van der Waals surface area contributed by atoms with Crippen molar-refractivity contribution in [3.05, 3.63) is 63.3 Å². The fourth-order valence-electron chi connectivity index (χ4n) is 5.60. The lowest BCUT2D eigenvalue weighted by molar-refractivity contribution is -0.124. The fraction of sp³-hybridized carbons (Fsp3) is 0.484. The van der Waals surface area contributed by atoms with Gasteiger partial charge in [-0.1, -0.05) is 68.3 Å². The molecule has 1 amide bonds. The fourth-order valence-corrected chi connectivity index (χ4v) is 6.98. The highest BCUT2D eigenvalue weighted by molar-refractivity contribution is 8.18. The molecule has 2 aromatic carbocycles. The highest BCUT2D eigenvalue weighted by atomic mass is 35.5. The van der Waals surface area contributed by atoms with Crippen molar-refractivity contribution in [2.75, 3.05) is 6.61 Å². The van der Waals surface area contributed by atoms with Crippen LogP contribution < -0.4 is 9.47 Å². The lowest BCUT2D eigenvalue weighted by Crippen LogP contribution is -2.41. The molecule has 39 heavy (non-hydrogen) atoms. The Bertz CT molecular complexity index is 1240. The number of halogens is 2. The molecule has 5 nitrogen and oxygen atoms in total. The number of carbonyl (C=O) groups excluding carboxylic acids is 1. The predicted octanol–water partition coefficient (Wildman–Crippen LogP) is 8.39. The molecule has 0 N–H and O–H groups in total. The first kappa shape index (κ1) is 28.0. The molecule has 0 bridgehead atoms. The average molecular weight is 571 g/mol. The van der Waals surface area contributed by atoms with E-state index in [0.717, 1.165) is 49.3 Å². The van der Waals surface area contributed by atoms with Gasteiger partial charge < -0.3 is 9.47 Å². The number of amidine groups is 1. The highest BCUT2D eigenvalue weighted by Gasteiger charge is 2.39. The molecule has 2 aliphatic carbocycles. The smallest absolute Gasteiger partial charge is 0.266 e. The van der Waals surface area contributed by atoms with E-state index in [1.807, 2.05) is 24.0 Å². The van der Waals surface area contributed by atoms with Crippen molar-refractivity contribution in [3.63, 3.8) is 0 Å². The zero-order chi connectivity index (χ0) is 27.2. The maximum atomic E-state index is 14.1. The summed E-state index contributed by atoms with van der Waals surface area (Å²) in [5.74, 6) is 0.509. The quantitative estimate of drug-likeness (QED) is 0.299. The van der Waals surface area contributed by atoms with Gasteiger partial charge in [-0.25, -0.2) is 4.39 Å². The minimum Gasteiger partial charge on any atom is -0.490 e. The number of rotatable bonds is 8. The minimum absolute atomic E-state index is 0.0235. The molecule has 5 rings (SSSR count). The van der Waals surface area contributed by atoms with E-state index in [1.54, 1.807) is 24.3 Å². The van der Waals surface area contributed by atoms with Gasteiger partial charge in [0.15, 0.2) is 16.7 Å². The van der Waals surface area contributed by atoms with E-state index < -0.39 is 0 Å². The third-order valence-corrected chi connectivity index (χ3v) is 8.88. The van der Waals surface area contributed by atoms with Crippen molar-refractivity contribution in [1.29, 1.82) is 0 Å². The molecule has 2 saturated carbocycles. The summed E-state index contributed by atoms with van der Waals surface area (Å²) >= 11 is 8.13. The Morgan fingerprint density at radius 1 is 1.05 bits per heavy atom. The zero-order valence-electron chi connectivity index (χ0n) is 22.5. The van der Waals surface area contributed by atoms with Gasteiger partial charge in [-0.2, -0.15) is 0 Å². The Kier molecular flexibility index (Phi) is 9.51. The Hall–Kier alpha value is -2.51. The van der Waals surface area contributed by atoms with Crippen LogP contribution in [0.15, 0.2) is 46.3 Å². The molecule has 1 saturated heterocycles. The van der Waals surface area contributed by atoms with Crippen LogP contribution in [0.4, 0.5) is 4.39 Å². The van der Waals surface area contributed by atoms with Crippen LogP contribution >= 0.6 is 23.4 Å². The molecule has 0 spiro atoms. The van der Waals surface area contributed by atoms with E-state index in [4.69, 9.17) is 26.1 Å². The normalized spacial score (nSPS) is 21.2. The molecule has 0 unspecified atom stereocenters. The molecule has 2 aromatic rings. The summed E-state index contributed by atoms with van der Waals surface area (Å²) in [4.78, 5) is 21.5. The summed E-state index contributed by atoms with van der Waals surface area (Å²) in [6, 6.07) is 10.6. The molecule has 208 valence electrons. The van der Waals surface area contributed by atoms with E-state index >= 15 is 0 Å². The van der Waals surface area contributed by atoms with E-state index in [2.05, 4.69) is 0 Å². The van der Waals surface area contributed by atoms with Gasteiger partial charge in [0.1, 0.15) is 12.4 Å². The van der Waals surface area contributed by atoms with Crippen LogP contribution in [-0.2, 0) is 11.4 Å². The molecule has 0 atom stereocenters. The number of hydrogen-bond acceptors (Lipinski definition) is 5. The maximum absolute atomic E-state index is 14.1. The van der Waals surface area contributed by atoms with Crippen molar-refractivity contribution in [1.82, 2.24) is 4.90 Å². The number of aliphatic imine (C=N–C) groups is 1. The molecule has 3 aliphatic rings. The molecular weight excluding hydrogens is 535 g/mol. The van der Waals surface area contributed by atoms with Crippen molar-refractivity contribution in [3.8, 4) is 11.5 Å². The summed E-state index contributed by atoms with van der Waals surface area (Å²) < 4.78 is 25.9. The highest BCUT2D eigenvalue weighted by Crippen LogP contribution is 2.41. The standard InChI is InChI=1S/C31H36ClFN2O3S/c1-2-37-27-18-21(17-25(32)29(27)38-20-22-11-9-10-16-26(22)33)19-28-30(36)35(24-14-7-4-8-15-24)31(39-28)34-23-12-5-3-6-13-23/h9-11,16-19,23-24H,2-8,12-15,20H2,1H3. The Morgan fingerprint density at radius 2 is 1.77 bits per heavy atom. The molecular formula is C31H36ClFN2O3S. The van der Waals surface area contributed by atoms with Gasteiger partial charge in [0.2, 0.25) is 0 Å². The molecule has 0 radical (unpaired) electrons. The van der Waals surface area contributed by atoms with Crippen molar-refractivity contribution < 1.29 is 18.7 Å². The van der Waals surface area contributed by atoms with E-state index in [1.165, 1.54) is 43.5 Å². The number of ether oxygens (including phenoxy) is 2. The first-order valence-corrected chi connectivity index (χ1v) is 15.4. The van der Waals surface area contributed by atoms with Gasteiger partial charge in [0, 0.05) is 11.6 Å². The van der Waals surface area contributed by atoms with Crippen molar-refractivity contribution in [2.24, 2.45) is 4.99 Å². The largest absolute Gasteiger partial charge is 0.490 e. The van der Waals surface area contributed by atoms with Crippen LogP contribution in [0.3, 0.4) is 0 Å². The molecule has 1 aliphatic heterocycles. The topological polar surface area (TPSA) is 51.1 Å². The third kappa shape index (κ3) is 6.80. The third-order valence-electron chi connectivity index (χ3n) is 7.60. The number of carbonyl (C=O) groups is 1. The van der Waals surface area contributed by atoms with E-state index in [0.29, 0.717) is 39.6 Å². The monoisotopic (exact) mass is 570 g/mol. The molecule has 8 heteroatoms. The zero-order valence-corrected chi connectivity index (χ0v) is 24.0. The second-order valence-corrected chi connectivity index (χ2v) is 11.8. The van der Waals surface area contributed by atoms with Gasteiger partial charge in [-0.05, 0) is 74.2 Å². The summed E-state index contributed by atoms with van der Waals surface area (Å²) in [7, 11) is 0. The summed E-state index contributed by atoms with van der Waals surface area (Å²) in [6.45, 7) is 2.32. The lowest BCUT2D eigenvalue weighted by Gasteiger charge is -2.31. The van der Waals surface area contributed by atoms with Gasteiger partial charge >= 0.3 is 0 Å². The maximum Gasteiger partial charge on any atom is 0.266 e. The SMILES string of the molecule is CCOc1cc(C=C2SC(=NC3CCCCC3)N(C3CCCCC3)C2=O)cc(Cl)c1OCc1ccccc1F. The first-order chi connectivity index (χ1) is 19.0. The molecule has 1 heterocycles. The number of nitrogens with zero attached hydrogens (tertiary/aromatic N) is 2.